The van der Waals surface area contributed by atoms with Crippen LogP contribution in [0.15, 0.2) is 29.2 Å². The number of amides is 1. The molecule has 0 radical (unpaired) electrons. The van der Waals surface area contributed by atoms with E-state index in [0.29, 0.717) is 12.2 Å². The van der Waals surface area contributed by atoms with Gasteiger partial charge in [-0.2, -0.15) is 0 Å². The molecule has 0 aliphatic carbocycles. The van der Waals surface area contributed by atoms with Crippen LogP contribution in [-0.4, -0.2) is 33.2 Å². The first-order valence-corrected chi connectivity index (χ1v) is 8.94. The number of nitrogens with one attached hydrogen (secondary N) is 2. The zero-order valence-corrected chi connectivity index (χ0v) is 13.3. The van der Waals surface area contributed by atoms with Crippen molar-refractivity contribution in [1.29, 1.82) is 0 Å². The fourth-order valence-corrected chi connectivity index (χ4v) is 3.46. The van der Waals surface area contributed by atoms with Gasteiger partial charge in [0.1, 0.15) is 0 Å². The topological polar surface area (TPSA) is 75.3 Å². The van der Waals surface area contributed by atoms with E-state index in [1.807, 2.05) is 6.92 Å². The molecule has 1 aliphatic heterocycles. The first-order valence-electron chi connectivity index (χ1n) is 7.28. The van der Waals surface area contributed by atoms with Crippen molar-refractivity contribution in [3.63, 3.8) is 0 Å². The molecule has 1 heterocycles. The Bertz CT molecular complexity index is 602. The Labute approximate surface area is 126 Å². The smallest absolute Gasteiger partial charge is 0.231 e. The van der Waals surface area contributed by atoms with Gasteiger partial charge in [0.15, 0.2) is 9.84 Å². The summed E-state index contributed by atoms with van der Waals surface area (Å²) in [6.07, 6.45) is 1.62. The van der Waals surface area contributed by atoms with Crippen LogP contribution in [-0.2, 0) is 14.6 Å². The van der Waals surface area contributed by atoms with E-state index in [-0.39, 0.29) is 22.0 Å². The van der Waals surface area contributed by atoms with E-state index in [9.17, 15) is 13.2 Å². The Balaban J connectivity index is 2.12. The zero-order chi connectivity index (χ0) is 15.5. The van der Waals surface area contributed by atoms with Crippen LogP contribution < -0.4 is 10.6 Å². The fraction of sp³-hybridized carbons (Fsp3) is 0.533. The second kappa shape index (κ2) is 6.15. The maximum absolute atomic E-state index is 12.4. The molecule has 0 spiro atoms. The lowest BCUT2D eigenvalue weighted by Gasteiger charge is -2.25. The van der Waals surface area contributed by atoms with E-state index >= 15 is 0 Å². The summed E-state index contributed by atoms with van der Waals surface area (Å²) in [7, 11) is -3.20. The molecule has 0 aromatic heterocycles. The van der Waals surface area contributed by atoms with Crippen molar-refractivity contribution in [1.82, 2.24) is 5.32 Å². The molecule has 6 heteroatoms. The van der Waals surface area contributed by atoms with E-state index in [2.05, 4.69) is 10.6 Å². The largest absolute Gasteiger partial charge is 0.326 e. The third-order valence-electron chi connectivity index (χ3n) is 4.25. The van der Waals surface area contributed by atoms with Crippen molar-refractivity contribution in [3.05, 3.63) is 24.3 Å². The van der Waals surface area contributed by atoms with Crippen molar-refractivity contribution in [3.8, 4) is 0 Å². The Hall–Kier alpha value is -1.40. The molecule has 0 saturated carbocycles. The highest BCUT2D eigenvalue weighted by Crippen LogP contribution is 2.31. The predicted molar refractivity (Wildman–Crippen MR) is 83.0 cm³/mol. The number of carbonyl (C=O) groups excluding carboxylic acids is 1. The normalized spacial score (nSPS) is 22.2. The van der Waals surface area contributed by atoms with E-state index in [1.54, 1.807) is 31.2 Å². The summed E-state index contributed by atoms with van der Waals surface area (Å²) < 4.78 is 23.5. The first kappa shape index (κ1) is 16.0. The minimum absolute atomic E-state index is 0.00102. The molecule has 1 amide bonds. The second-order valence-electron chi connectivity index (χ2n) is 5.44. The molecule has 1 aliphatic rings. The van der Waals surface area contributed by atoms with Crippen LogP contribution >= 0.6 is 0 Å². The van der Waals surface area contributed by atoms with E-state index in [1.165, 1.54) is 0 Å². The number of hydrogen-bond donors (Lipinski definition) is 2. The third kappa shape index (κ3) is 3.27. The molecule has 0 bridgehead atoms. The molecule has 2 rings (SSSR count). The highest BCUT2D eigenvalue weighted by molar-refractivity contribution is 7.91. The average Bonchev–Trinajstić information content (AvgIpc) is 2.98. The molecule has 1 fully saturated rings. The maximum atomic E-state index is 12.4. The third-order valence-corrected chi connectivity index (χ3v) is 6.00. The van der Waals surface area contributed by atoms with Crippen LogP contribution in [0.2, 0.25) is 0 Å². The number of rotatable bonds is 5. The summed E-state index contributed by atoms with van der Waals surface area (Å²) in [5.74, 6) is 0.0738. The molecule has 1 aromatic carbocycles. The van der Waals surface area contributed by atoms with Crippen molar-refractivity contribution >= 4 is 21.4 Å². The summed E-state index contributed by atoms with van der Waals surface area (Å²) in [6, 6.07) is 6.37. The highest BCUT2D eigenvalue weighted by atomic mass is 32.2. The Kier molecular flexibility index (Phi) is 4.68. The SMILES string of the molecule is CCC1(C(=O)Nc2ccc(S(=O)(=O)CC)cc2)CCNC1. The van der Waals surface area contributed by atoms with Gasteiger partial charge in [0.25, 0.3) is 0 Å². The summed E-state index contributed by atoms with van der Waals surface area (Å²) in [5.41, 5.74) is 0.281. The van der Waals surface area contributed by atoms with Gasteiger partial charge in [-0.15, -0.1) is 0 Å². The monoisotopic (exact) mass is 310 g/mol. The second-order valence-corrected chi connectivity index (χ2v) is 7.72. The summed E-state index contributed by atoms with van der Waals surface area (Å²) in [6.45, 7) is 5.18. The number of hydrogen-bond acceptors (Lipinski definition) is 4. The minimum atomic E-state index is -3.20. The van der Waals surface area contributed by atoms with Gasteiger partial charge in [0.05, 0.1) is 16.1 Å². The Morgan fingerprint density at radius 1 is 1.29 bits per heavy atom. The number of anilines is 1. The van der Waals surface area contributed by atoms with Crippen LogP contribution in [0, 0.1) is 5.41 Å². The van der Waals surface area contributed by atoms with Crippen LogP contribution in [0.25, 0.3) is 0 Å². The van der Waals surface area contributed by atoms with Gasteiger partial charge in [0, 0.05) is 12.2 Å². The molecule has 1 saturated heterocycles. The summed E-state index contributed by atoms with van der Waals surface area (Å²) in [5, 5.41) is 6.13. The predicted octanol–water partition coefficient (Wildman–Crippen LogP) is 1.81. The van der Waals surface area contributed by atoms with Gasteiger partial charge in [-0.1, -0.05) is 13.8 Å². The molecule has 1 atom stereocenters. The highest BCUT2D eigenvalue weighted by Gasteiger charge is 2.39. The minimum Gasteiger partial charge on any atom is -0.326 e. The van der Waals surface area contributed by atoms with Crippen molar-refractivity contribution in [2.45, 2.75) is 31.6 Å². The maximum Gasteiger partial charge on any atom is 0.231 e. The molecule has 2 N–H and O–H groups in total. The molecule has 5 nitrogen and oxygen atoms in total. The van der Waals surface area contributed by atoms with Crippen LogP contribution in [0.1, 0.15) is 26.7 Å². The lowest BCUT2D eigenvalue weighted by atomic mass is 9.83. The van der Waals surface area contributed by atoms with Crippen LogP contribution in [0.3, 0.4) is 0 Å². The number of sulfone groups is 1. The summed E-state index contributed by atoms with van der Waals surface area (Å²) in [4.78, 5) is 12.7. The van der Waals surface area contributed by atoms with E-state index in [0.717, 1.165) is 19.4 Å². The Morgan fingerprint density at radius 3 is 2.43 bits per heavy atom. The van der Waals surface area contributed by atoms with E-state index < -0.39 is 9.84 Å². The van der Waals surface area contributed by atoms with E-state index in [4.69, 9.17) is 0 Å². The van der Waals surface area contributed by atoms with Crippen molar-refractivity contribution in [2.75, 3.05) is 24.2 Å². The number of benzene rings is 1. The zero-order valence-electron chi connectivity index (χ0n) is 12.5. The van der Waals surface area contributed by atoms with Gasteiger partial charge in [-0.25, -0.2) is 8.42 Å². The van der Waals surface area contributed by atoms with Gasteiger partial charge < -0.3 is 10.6 Å². The molecular formula is C15H22N2O3S. The first-order chi connectivity index (χ1) is 9.93. The molecule has 21 heavy (non-hydrogen) atoms. The van der Waals surface area contributed by atoms with Gasteiger partial charge in [-0.3, -0.25) is 4.79 Å². The quantitative estimate of drug-likeness (QED) is 0.870. The van der Waals surface area contributed by atoms with Crippen molar-refractivity contribution in [2.24, 2.45) is 5.41 Å². The van der Waals surface area contributed by atoms with Crippen LogP contribution in [0.5, 0.6) is 0 Å². The molecule has 1 aromatic rings. The number of carbonyl (C=O) groups is 1. The fourth-order valence-electron chi connectivity index (χ4n) is 2.58. The molecular weight excluding hydrogens is 288 g/mol. The lowest BCUT2D eigenvalue weighted by molar-refractivity contribution is -0.124. The average molecular weight is 310 g/mol. The van der Waals surface area contributed by atoms with Crippen LogP contribution in [0.4, 0.5) is 5.69 Å². The standard InChI is InChI=1S/C15H22N2O3S/c1-3-15(9-10-16-11-15)14(18)17-12-5-7-13(8-6-12)21(19,20)4-2/h5-8,16H,3-4,9-11H2,1-2H3,(H,17,18). The Morgan fingerprint density at radius 2 is 1.95 bits per heavy atom. The molecule has 116 valence electrons. The van der Waals surface area contributed by atoms with Crippen molar-refractivity contribution < 1.29 is 13.2 Å². The summed E-state index contributed by atoms with van der Waals surface area (Å²) >= 11 is 0. The van der Waals surface area contributed by atoms with Gasteiger partial charge >= 0.3 is 0 Å². The lowest BCUT2D eigenvalue weighted by Crippen LogP contribution is -2.37. The van der Waals surface area contributed by atoms with Gasteiger partial charge in [0.2, 0.25) is 5.91 Å². The van der Waals surface area contributed by atoms with Gasteiger partial charge in [-0.05, 0) is 43.7 Å². The molecule has 1 unspecified atom stereocenters.